The highest BCUT2D eigenvalue weighted by molar-refractivity contribution is 7.99. The van der Waals surface area contributed by atoms with E-state index in [9.17, 15) is 9.59 Å². The van der Waals surface area contributed by atoms with Crippen LogP contribution in [0.1, 0.15) is 27.0 Å². The minimum atomic E-state index is -0.599. The molecule has 0 unspecified atom stereocenters. The number of thioether (sulfide) groups is 1. The third-order valence-corrected chi connectivity index (χ3v) is 6.78. The molecule has 2 aromatic carbocycles. The molecule has 0 saturated carbocycles. The molecule has 0 spiro atoms. The number of benzene rings is 2. The van der Waals surface area contributed by atoms with E-state index in [1.807, 2.05) is 30.3 Å². The van der Waals surface area contributed by atoms with Gasteiger partial charge in [-0.3, -0.25) is 14.3 Å². The Kier molecular flexibility index (Phi) is 5.11. The Bertz CT molecular complexity index is 1190. The molecule has 2 heterocycles. The predicted molar refractivity (Wildman–Crippen MR) is 122 cm³/mol. The minimum absolute atomic E-state index is 0.113. The summed E-state index contributed by atoms with van der Waals surface area (Å²) in [5, 5.41) is 7.20. The first-order chi connectivity index (χ1) is 15.1. The summed E-state index contributed by atoms with van der Waals surface area (Å²) in [6, 6.07) is 13.6. The Hall–Kier alpha value is -3.32. The fraction of sp³-hybridized carbons (Fsp3) is 0.208. The van der Waals surface area contributed by atoms with Crippen LogP contribution < -0.4 is 10.2 Å². The summed E-state index contributed by atoms with van der Waals surface area (Å²) in [4.78, 5) is 28.6. The van der Waals surface area contributed by atoms with Gasteiger partial charge in [-0.05, 0) is 35.2 Å². The minimum Gasteiger partial charge on any atom is -0.339 e. The van der Waals surface area contributed by atoms with Gasteiger partial charge in [0.1, 0.15) is 6.04 Å². The highest BCUT2D eigenvalue weighted by atomic mass is 32.2. The summed E-state index contributed by atoms with van der Waals surface area (Å²) in [6.45, 7) is 0.587. The van der Waals surface area contributed by atoms with Gasteiger partial charge in [0.2, 0.25) is 5.91 Å². The molecule has 1 aliphatic carbocycles. The van der Waals surface area contributed by atoms with Crippen molar-refractivity contribution in [1.82, 2.24) is 15.1 Å². The van der Waals surface area contributed by atoms with E-state index < -0.39 is 6.04 Å². The number of likely N-dealkylation sites (N-methyl/N-ethyl adjacent to an activating group) is 1. The van der Waals surface area contributed by atoms with Crippen molar-refractivity contribution in [3.05, 3.63) is 83.2 Å². The molecule has 3 aromatic rings. The van der Waals surface area contributed by atoms with Crippen LogP contribution in [0.3, 0.4) is 0 Å². The van der Waals surface area contributed by atoms with Crippen LogP contribution in [0.2, 0.25) is 0 Å². The van der Waals surface area contributed by atoms with Crippen molar-refractivity contribution in [2.75, 3.05) is 17.7 Å². The maximum absolute atomic E-state index is 13.1. The van der Waals surface area contributed by atoms with Gasteiger partial charge in [0, 0.05) is 23.9 Å². The average Bonchev–Trinajstić information content (AvgIpc) is 3.42. The van der Waals surface area contributed by atoms with Crippen LogP contribution in [0.4, 0.5) is 5.69 Å². The Morgan fingerprint density at radius 3 is 2.94 bits per heavy atom. The zero-order valence-electron chi connectivity index (χ0n) is 17.1. The molecule has 2 amide bonds. The molecule has 6 nitrogen and oxygen atoms in total. The average molecular weight is 431 g/mol. The second-order valence-corrected chi connectivity index (χ2v) is 8.83. The van der Waals surface area contributed by atoms with Gasteiger partial charge in [-0.15, -0.1) is 11.8 Å². The van der Waals surface area contributed by atoms with Gasteiger partial charge in [-0.1, -0.05) is 42.5 Å². The van der Waals surface area contributed by atoms with Crippen molar-refractivity contribution < 1.29 is 9.59 Å². The second kappa shape index (κ2) is 8.07. The lowest BCUT2D eigenvalue weighted by Gasteiger charge is -2.22. The molecule has 0 bridgehead atoms. The van der Waals surface area contributed by atoms with Crippen LogP contribution in [0.5, 0.6) is 0 Å². The third-order valence-electron chi connectivity index (χ3n) is 5.64. The van der Waals surface area contributed by atoms with Crippen LogP contribution in [-0.2, 0) is 17.8 Å². The zero-order chi connectivity index (χ0) is 21.4. The SMILES string of the molecule is CN1C(=O)[C@@H](NC(=O)c2cnn(Cc3ccccc3)c2)CSc2cc3c(cc21)C=CC3. The molecule has 0 radical (unpaired) electrons. The van der Waals surface area contributed by atoms with E-state index in [4.69, 9.17) is 0 Å². The lowest BCUT2D eigenvalue weighted by Crippen LogP contribution is -2.48. The zero-order valence-corrected chi connectivity index (χ0v) is 17.9. The highest BCUT2D eigenvalue weighted by Crippen LogP contribution is 2.38. The number of rotatable bonds is 4. The van der Waals surface area contributed by atoms with Crippen LogP contribution in [0.25, 0.3) is 6.08 Å². The first kappa shape index (κ1) is 19.6. The van der Waals surface area contributed by atoms with Gasteiger partial charge in [-0.2, -0.15) is 5.10 Å². The van der Waals surface area contributed by atoms with Crippen molar-refractivity contribution in [2.24, 2.45) is 0 Å². The van der Waals surface area contributed by atoms with Crippen molar-refractivity contribution in [1.29, 1.82) is 0 Å². The smallest absolute Gasteiger partial charge is 0.255 e. The highest BCUT2D eigenvalue weighted by Gasteiger charge is 2.31. The lowest BCUT2D eigenvalue weighted by atomic mass is 10.1. The number of amides is 2. The lowest BCUT2D eigenvalue weighted by molar-refractivity contribution is -0.119. The van der Waals surface area contributed by atoms with E-state index in [0.29, 0.717) is 17.9 Å². The first-order valence-electron chi connectivity index (χ1n) is 10.2. The normalized spacial score (nSPS) is 17.3. The summed E-state index contributed by atoms with van der Waals surface area (Å²) in [5.41, 5.74) is 4.89. The van der Waals surface area contributed by atoms with Gasteiger partial charge in [0.15, 0.2) is 0 Å². The molecule has 156 valence electrons. The predicted octanol–water partition coefficient (Wildman–Crippen LogP) is 3.37. The van der Waals surface area contributed by atoms with Gasteiger partial charge in [0.25, 0.3) is 5.91 Å². The van der Waals surface area contributed by atoms with Crippen LogP contribution in [0, 0.1) is 0 Å². The van der Waals surface area contributed by atoms with Crippen LogP contribution in [0.15, 0.2) is 65.8 Å². The Morgan fingerprint density at radius 2 is 2.10 bits per heavy atom. The number of anilines is 1. The largest absolute Gasteiger partial charge is 0.339 e. The van der Waals surface area contributed by atoms with E-state index in [1.165, 1.54) is 5.56 Å². The molecule has 7 heteroatoms. The summed E-state index contributed by atoms with van der Waals surface area (Å²) in [5.74, 6) is 0.0907. The topological polar surface area (TPSA) is 67.2 Å². The molecule has 1 aliphatic heterocycles. The molecule has 1 atom stereocenters. The molecule has 1 N–H and O–H groups in total. The Morgan fingerprint density at radius 1 is 1.26 bits per heavy atom. The second-order valence-electron chi connectivity index (χ2n) is 7.77. The number of carbonyl (C=O) groups is 2. The van der Waals surface area contributed by atoms with Crippen molar-refractivity contribution in [3.63, 3.8) is 0 Å². The number of fused-ring (bicyclic) bond motifs is 2. The molecular formula is C24H22N4O2S. The third kappa shape index (κ3) is 3.88. The molecule has 2 aliphatic rings. The van der Waals surface area contributed by atoms with Gasteiger partial charge >= 0.3 is 0 Å². The summed E-state index contributed by atoms with van der Waals surface area (Å²) in [6.07, 6.45) is 8.41. The monoisotopic (exact) mass is 430 g/mol. The van der Waals surface area contributed by atoms with Gasteiger partial charge in [0.05, 0.1) is 24.0 Å². The van der Waals surface area contributed by atoms with E-state index in [-0.39, 0.29) is 11.8 Å². The van der Waals surface area contributed by atoms with Crippen molar-refractivity contribution in [3.8, 4) is 0 Å². The summed E-state index contributed by atoms with van der Waals surface area (Å²) in [7, 11) is 1.77. The molecule has 5 rings (SSSR count). The molecule has 1 aromatic heterocycles. The quantitative estimate of drug-likeness (QED) is 0.689. The van der Waals surface area contributed by atoms with Gasteiger partial charge < -0.3 is 10.2 Å². The molecular weight excluding hydrogens is 408 g/mol. The number of aromatic nitrogens is 2. The number of allylic oxidation sites excluding steroid dienone is 1. The van der Waals surface area contributed by atoms with E-state index in [1.54, 1.807) is 40.8 Å². The van der Waals surface area contributed by atoms with Crippen LogP contribution in [-0.4, -0.2) is 40.4 Å². The fourth-order valence-electron chi connectivity index (χ4n) is 3.93. The van der Waals surface area contributed by atoms with E-state index >= 15 is 0 Å². The Balaban J connectivity index is 1.30. The van der Waals surface area contributed by atoms with Crippen molar-refractivity contribution >= 4 is 35.3 Å². The fourth-order valence-corrected chi connectivity index (χ4v) is 5.07. The molecule has 31 heavy (non-hydrogen) atoms. The Labute approximate surface area is 184 Å². The number of hydrogen-bond donors (Lipinski definition) is 1. The maximum atomic E-state index is 13.1. The number of nitrogens with one attached hydrogen (secondary N) is 1. The number of carbonyl (C=O) groups excluding carboxylic acids is 2. The standard InChI is InChI=1S/C24H22N4O2S/c1-27-21-10-17-8-5-9-18(17)11-22(21)31-15-20(24(27)30)26-23(29)19-12-25-28(14-19)13-16-6-3-2-4-7-16/h2-8,10-12,14,20H,9,13,15H2,1H3,(H,26,29)/t20-/m0/s1. The number of nitrogens with zero attached hydrogens (tertiary/aromatic N) is 3. The van der Waals surface area contributed by atoms with E-state index in [0.717, 1.165) is 28.1 Å². The molecule has 0 saturated heterocycles. The summed E-state index contributed by atoms with van der Waals surface area (Å²) >= 11 is 1.61. The summed E-state index contributed by atoms with van der Waals surface area (Å²) < 4.78 is 1.73. The maximum Gasteiger partial charge on any atom is 0.255 e. The number of hydrogen-bond acceptors (Lipinski definition) is 4. The first-order valence-corrected chi connectivity index (χ1v) is 11.2. The van der Waals surface area contributed by atoms with Crippen molar-refractivity contribution in [2.45, 2.75) is 23.9 Å². The van der Waals surface area contributed by atoms with E-state index in [2.05, 4.69) is 34.7 Å². The van der Waals surface area contributed by atoms with Gasteiger partial charge in [-0.25, -0.2) is 0 Å². The van der Waals surface area contributed by atoms with Crippen LogP contribution >= 0.6 is 11.8 Å². The molecule has 0 fully saturated rings.